The molecule has 0 aromatic rings. The van der Waals surface area contributed by atoms with Crippen molar-refractivity contribution in [3.63, 3.8) is 0 Å². The molecule has 0 spiro atoms. The maximum absolute atomic E-state index is 3.34. The molecule has 19 heavy (non-hydrogen) atoms. The van der Waals surface area contributed by atoms with Crippen molar-refractivity contribution in [2.24, 2.45) is 0 Å². The molecule has 2 aliphatic rings. The second-order valence-corrected chi connectivity index (χ2v) is 4.28. The fraction of sp³-hybridized carbons (Fsp3) is 0.438. The summed E-state index contributed by atoms with van der Waals surface area (Å²) in [6, 6.07) is 0. The Kier molecular flexibility index (Phi) is 17.0. The van der Waals surface area contributed by atoms with Gasteiger partial charge in [-0.2, -0.15) is 17.2 Å². The van der Waals surface area contributed by atoms with Crippen molar-refractivity contribution in [2.75, 3.05) is 0 Å². The molecule has 0 radical (unpaired) electrons. The Morgan fingerprint density at radius 3 is 1.58 bits per heavy atom. The zero-order valence-electron chi connectivity index (χ0n) is 12.5. The van der Waals surface area contributed by atoms with Crippen molar-refractivity contribution in [3.05, 3.63) is 46.1 Å². The monoisotopic (exact) mass is 376 g/mol. The average Bonchev–Trinajstić information content (AvgIpc) is 2.84. The van der Waals surface area contributed by atoms with E-state index in [9.17, 15) is 0 Å². The molecule has 0 bridgehead atoms. The van der Waals surface area contributed by atoms with Crippen molar-refractivity contribution in [1.82, 2.24) is 0 Å². The molecule has 0 N–H and O–H groups in total. The van der Waals surface area contributed by atoms with Crippen molar-refractivity contribution in [1.29, 1.82) is 0 Å². The van der Waals surface area contributed by atoms with Gasteiger partial charge in [-0.15, -0.1) is 51.5 Å². The Bertz CT molecular complexity index is 366. The number of rotatable bonds is 0. The molecule has 0 heterocycles. The molecule has 0 aromatic carbocycles. The number of halogens is 2. The maximum atomic E-state index is 3.34. The Balaban J connectivity index is -0.000000219. The van der Waals surface area contributed by atoms with Crippen LogP contribution < -0.4 is 0 Å². The van der Waals surface area contributed by atoms with Crippen LogP contribution in [-0.4, -0.2) is 4.21 Å². The van der Waals surface area contributed by atoms with Crippen LogP contribution in [0.4, 0.5) is 0 Å². The molecule has 0 aromatic heterocycles. The molecule has 106 valence electrons. The first-order valence-corrected chi connectivity index (χ1v) is 7.60. The molecule has 3 heteroatoms. The number of allylic oxidation sites excluding steroid dienone is 8. The number of hydrogen-bond donors (Lipinski definition) is 0. The van der Waals surface area contributed by atoms with Gasteiger partial charge in [0.25, 0.3) is 0 Å². The zero-order valence-corrected chi connectivity index (χ0v) is 16.6. The van der Waals surface area contributed by atoms with E-state index < -0.39 is 0 Å². The number of hydrogen-bond acceptors (Lipinski definition) is 0. The van der Waals surface area contributed by atoms with Crippen LogP contribution in [0.25, 0.3) is 0 Å². The summed E-state index contributed by atoms with van der Waals surface area (Å²) in [6.07, 6.45) is 10.7. The molecule has 2 rings (SSSR count). The quantitative estimate of drug-likeness (QED) is 0.497. The third-order valence-electron chi connectivity index (χ3n) is 3.19. The van der Waals surface area contributed by atoms with Crippen molar-refractivity contribution >= 4 is 29.0 Å². The fourth-order valence-electron chi connectivity index (χ4n) is 1.50. The van der Waals surface area contributed by atoms with Crippen LogP contribution in [-0.2, 0) is 24.2 Å². The van der Waals surface area contributed by atoms with Gasteiger partial charge >= 0.3 is 28.4 Å². The predicted molar refractivity (Wildman–Crippen MR) is 87.8 cm³/mol. The van der Waals surface area contributed by atoms with E-state index in [0.29, 0.717) is 0 Å². The normalized spacial score (nSPS) is 15.6. The average molecular weight is 378 g/mol. The van der Waals surface area contributed by atoms with Gasteiger partial charge in [0.15, 0.2) is 0 Å². The van der Waals surface area contributed by atoms with Gasteiger partial charge in [-0.25, -0.2) is 16.7 Å². The third-order valence-corrected chi connectivity index (χ3v) is 3.19. The summed E-state index contributed by atoms with van der Waals surface area (Å²) >= 11 is 1.30. The van der Waals surface area contributed by atoms with Crippen molar-refractivity contribution in [3.8, 4) is 0 Å². The van der Waals surface area contributed by atoms with Gasteiger partial charge in [-0.05, 0) is 0 Å². The van der Waals surface area contributed by atoms with Gasteiger partial charge < -0.3 is 0 Å². The van der Waals surface area contributed by atoms with E-state index in [1.165, 1.54) is 52.1 Å². The summed E-state index contributed by atoms with van der Waals surface area (Å²) in [6.45, 7) is 10.7. The van der Waals surface area contributed by atoms with E-state index in [4.69, 9.17) is 0 Å². The molecule has 0 nitrogen and oxygen atoms in total. The molecule has 0 fully saturated rings. The second kappa shape index (κ2) is 13.3. The standard InChI is InChI=1S/C8H11.C7H9.CH2.2ClH.Zr/c1-6-4-5-7(2)8(6)3;1-6-4-3-5-7(6)2;;;;/h4H2,1-3H3;4H,3H2,1-2H3;1H2;2*1H;/q2*-1;;;;+2. The van der Waals surface area contributed by atoms with E-state index in [1.54, 1.807) is 0 Å². The molecule has 0 saturated heterocycles. The zero-order chi connectivity index (χ0) is 13.4. The fourth-order valence-corrected chi connectivity index (χ4v) is 1.50. The van der Waals surface area contributed by atoms with E-state index in [0.717, 1.165) is 12.8 Å². The Hall–Kier alpha value is 0.293. The van der Waals surface area contributed by atoms with E-state index in [2.05, 4.69) is 57.1 Å². The van der Waals surface area contributed by atoms with Crippen LogP contribution in [0.15, 0.2) is 33.9 Å². The molecule has 0 unspecified atom stereocenters. The Morgan fingerprint density at radius 1 is 0.947 bits per heavy atom. The predicted octanol–water partition coefficient (Wildman–Crippen LogP) is 5.37. The summed E-state index contributed by atoms with van der Waals surface area (Å²) in [5, 5.41) is 0. The summed E-state index contributed by atoms with van der Waals surface area (Å²) < 4.78 is 3.34. The first-order valence-electron chi connectivity index (χ1n) is 5.86. The summed E-state index contributed by atoms with van der Waals surface area (Å²) in [5.41, 5.74) is 6.95. The molecule has 0 saturated carbocycles. The summed E-state index contributed by atoms with van der Waals surface area (Å²) in [5.74, 6) is 0. The van der Waals surface area contributed by atoms with Crippen LogP contribution >= 0.6 is 24.8 Å². The Labute approximate surface area is 146 Å². The van der Waals surface area contributed by atoms with Crippen LogP contribution in [0.1, 0.15) is 47.5 Å². The topological polar surface area (TPSA) is 0 Å². The molecule has 2 aliphatic carbocycles. The van der Waals surface area contributed by atoms with E-state index in [1.807, 2.05) is 0 Å². The minimum atomic E-state index is 0. The van der Waals surface area contributed by atoms with Crippen LogP contribution in [0, 0.1) is 12.2 Å². The molecule has 0 amide bonds. The third kappa shape index (κ3) is 8.95. The van der Waals surface area contributed by atoms with E-state index in [-0.39, 0.29) is 24.8 Å². The van der Waals surface area contributed by atoms with Gasteiger partial charge in [0, 0.05) is 0 Å². The first kappa shape index (κ1) is 24.3. The first-order chi connectivity index (χ1) is 8.02. The molecule has 0 atom stereocenters. The van der Waals surface area contributed by atoms with Crippen molar-refractivity contribution in [2.45, 2.75) is 47.5 Å². The van der Waals surface area contributed by atoms with Crippen LogP contribution in [0.3, 0.4) is 0 Å². The van der Waals surface area contributed by atoms with E-state index >= 15 is 0 Å². The van der Waals surface area contributed by atoms with Crippen LogP contribution in [0.2, 0.25) is 0 Å². The SMILES string of the molecule is CC1=[C-]CC(C)=C1C.CC1=[C-]CC=C1C.Cl.Cl.[CH2]=[Zr+2]. The van der Waals surface area contributed by atoms with Gasteiger partial charge in [0.05, 0.1) is 0 Å². The summed E-state index contributed by atoms with van der Waals surface area (Å²) in [7, 11) is 0. The molecule has 0 aliphatic heterocycles. The van der Waals surface area contributed by atoms with Gasteiger partial charge in [-0.3, -0.25) is 12.2 Å². The second-order valence-electron chi connectivity index (χ2n) is 4.28. The minimum absolute atomic E-state index is 0. The summed E-state index contributed by atoms with van der Waals surface area (Å²) in [4.78, 5) is 0. The van der Waals surface area contributed by atoms with Gasteiger partial charge in [-0.1, -0.05) is 20.8 Å². The molecular weight excluding hydrogens is 354 g/mol. The van der Waals surface area contributed by atoms with Crippen molar-refractivity contribution < 1.29 is 24.2 Å². The molecular formula is C16H24Cl2Zr. The van der Waals surface area contributed by atoms with Gasteiger partial charge in [0.1, 0.15) is 0 Å². The Morgan fingerprint density at radius 2 is 1.47 bits per heavy atom. The van der Waals surface area contributed by atoms with Crippen LogP contribution in [0.5, 0.6) is 0 Å². The van der Waals surface area contributed by atoms with Gasteiger partial charge in [0.2, 0.25) is 0 Å².